The number of aromatic nitrogens is 1. The number of carbonyl (C=O) groups excluding carboxylic acids is 1. The maximum absolute atomic E-state index is 14.0. The summed E-state index contributed by atoms with van der Waals surface area (Å²) in [6.07, 6.45) is 7.34. The first-order valence-corrected chi connectivity index (χ1v) is 10.9. The number of hydrogen-bond donors (Lipinski definition) is 2. The number of anilines is 1. The van der Waals surface area contributed by atoms with Crippen molar-refractivity contribution in [3.05, 3.63) is 24.1 Å². The molecule has 30 heavy (non-hydrogen) atoms. The van der Waals surface area contributed by atoms with Gasteiger partial charge >= 0.3 is 0 Å². The molecule has 1 unspecified atom stereocenters. The number of aliphatic imine (C=N–C) groups is 1. The third-order valence-corrected chi connectivity index (χ3v) is 5.44. The van der Waals surface area contributed by atoms with Crippen molar-refractivity contribution >= 4 is 41.7 Å². The first-order valence-electron chi connectivity index (χ1n) is 10.9. The molecule has 2 saturated heterocycles. The molecule has 0 radical (unpaired) electrons. The summed E-state index contributed by atoms with van der Waals surface area (Å²) in [5.41, 5.74) is 0. The molecule has 0 bridgehead atoms. The van der Waals surface area contributed by atoms with E-state index in [-0.39, 0.29) is 41.7 Å². The largest absolute Gasteiger partial charge is 0.357 e. The van der Waals surface area contributed by atoms with Gasteiger partial charge in [-0.25, -0.2) is 9.37 Å². The highest BCUT2D eigenvalue weighted by atomic mass is 127. The Morgan fingerprint density at radius 1 is 1.33 bits per heavy atom. The second-order valence-corrected chi connectivity index (χ2v) is 7.69. The lowest BCUT2D eigenvalue weighted by Gasteiger charge is -2.21. The van der Waals surface area contributed by atoms with Crippen LogP contribution in [0.15, 0.2) is 23.3 Å². The van der Waals surface area contributed by atoms with Crippen LogP contribution in [0.1, 0.15) is 45.4 Å². The summed E-state index contributed by atoms with van der Waals surface area (Å²) in [5, 5.41) is 6.74. The van der Waals surface area contributed by atoms with Crippen LogP contribution in [0, 0.1) is 5.82 Å². The van der Waals surface area contributed by atoms with Crippen LogP contribution >= 0.6 is 24.0 Å². The number of hydrogen-bond acceptors (Lipinski definition) is 4. The lowest BCUT2D eigenvalue weighted by atomic mass is 10.2. The topological polar surface area (TPSA) is 72.9 Å². The van der Waals surface area contributed by atoms with Crippen molar-refractivity contribution in [1.82, 2.24) is 20.5 Å². The zero-order valence-electron chi connectivity index (χ0n) is 17.8. The average molecular weight is 532 g/mol. The molecule has 168 valence electrons. The predicted octanol–water partition coefficient (Wildman–Crippen LogP) is 2.77. The van der Waals surface area contributed by atoms with Gasteiger partial charge in [0.15, 0.2) is 17.6 Å². The van der Waals surface area contributed by atoms with Crippen molar-refractivity contribution in [2.24, 2.45) is 4.99 Å². The highest BCUT2D eigenvalue weighted by Gasteiger charge is 2.26. The SMILES string of the molecule is CCNC(=NCCCN1CCCCCC1=O)NC1CCN(c2ncccc2F)C1.I. The van der Waals surface area contributed by atoms with Crippen molar-refractivity contribution in [3.63, 3.8) is 0 Å². The summed E-state index contributed by atoms with van der Waals surface area (Å²) >= 11 is 0. The molecule has 0 aromatic carbocycles. The van der Waals surface area contributed by atoms with Crippen LogP contribution in [-0.2, 0) is 4.79 Å². The van der Waals surface area contributed by atoms with Crippen LogP contribution < -0.4 is 15.5 Å². The van der Waals surface area contributed by atoms with Gasteiger partial charge in [0.25, 0.3) is 0 Å². The minimum absolute atomic E-state index is 0. The number of halogens is 2. The summed E-state index contributed by atoms with van der Waals surface area (Å²) in [6.45, 7) is 6.60. The lowest BCUT2D eigenvalue weighted by Crippen LogP contribution is -2.44. The van der Waals surface area contributed by atoms with Gasteiger partial charge in [-0.2, -0.15) is 0 Å². The minimum atomic E-state index is -0.281. The van der Waals surface area contributed by atoms with Crippen LogP contribution in [-0.4, -0.2) is 67.1 Å². The molecule has 1 aromatic heterocycles. The maximum atomic E-state index is 14.0. The molecule has 7 nitrogen and oxygen atoms in total. The number of pyridine rings is 1. The van der Waals surface area contributed by atoms with Gasteiger partial charge in [-0.15, -0.1) is 24.0 Å². The number of nitrogens with zero attached hydrogens (tertiary/aromatic N) is 4. The molecule has 2 fully saturated rings. The fraction of sp³-hybridized carbons (Fsp3) is 0.667. The van der Waals surface area contributed by atoms with E-state index in [2.05, 4.69) is 20.6 Å². The molecule has 9 heteroatoms. The molecular weight excluding hydrogens is 498 g/mol. The van der Waals surface area contributed by atoms with E-state index in [0.29, 0.717) is 25.3 Å². The molecule has 1 amide bonds. The van der Waals surface area contributed by atoms with Gasteiger partial charge in [0, 0.05) is 57.9 Å². The van der Waals surface area contributed by atoms with E-state index in [1.54, 1.807) is 12.3 Å². The van der Waals surface area contributed by atoms with Gasteiger partial charge in [0.2, 0.25) is 5.91 Å². The first kappa shape index (κ1) is 24.6. The highest BCUT2D eigenvalue weighted by molar-refractivity contribution is 14.0. The average Bonchev–Trinajstić information content (AvgIpc) is 3.07. The van der Waals surface area contributed by atoms with Gasteiger partial charge in [-0.05, 0) is 44.7 Å². The van der Waals surface area contributed by atoms with Gasteiger partial charge in [0.1, 0.15) is 0 Å². The maximum Gasteiger partial charge on any atom is 0.222 e. The monoisotopic (exact) mass is 532 g/mol. The summed E-state index contributed by atoms with van der Waals surface area (Å²) < 4.78 is 14.0. The summed E-state index contributed by atoms with van der Waals surface area (Å²) in [5.74, 6) is 1.20. The van der Waals surface area contributed by atoms with Gasteiger partial charge in [-0.3, -0.25) is 9.79 Å². The molecule has 1 atom stereocenters. The van der Waals surface area contributed by atoms with E-state index in [0.717, 1.165) is 64.2 Å². The van der Waals surface area contributed by atoms with E-state index in [9.17, 15) is 9.18 Å². The standard InChI is InChI=1S/C21H33FN6O.HI/c1-2-23-21(25-12-7-14-27-13-5-3-4-9-19(27)29)26-17-10-15-28(16-17)20-18(22)8-6-11-24-20;/h6,8,11,17H,2-5,7,9-10,12-16H2,1H3,(H2,23,25,26);1H. The third-order valence-electron chi connectivity index (χ3n) is 5.44. The number of carbonyl (C=O) groups is 1. The summed E-state index contributed by atoms with van der Waals surface area (Å²) in [6, 6.07) is 3.25. The lowest BCUT2D eigenvalue weighted by molar-refractivity contribution is -0.130. The Bertz CT molecular complexity index is 704. The van der Waals surface area contributed by atoms with Crippen molar-refractivity contribution in [3.8, 4) is 0 Å². The van der Waals surface area contributed by atoms with E-state index >= 15 is 0 Å². The predicted molar refractivity (Wildman–Crippen MR) is 129 cm³/mol. The molecule has 0 aliphatic carbocycles. The van der Waals surface area contributed by atoms with Crippen molar-refractivity contribution in [1.29, 1.82) is 0 Å². The molecule has 1 aromatic rings. The van der Waals surface area contributed by atoms with Gasteiger partial charge < -0.3 is 20.4 Å². The van der Waals surface area contributed by atoms with E-state index in [1.807, 2.05) is 16.7 Å². The minimum Gasteiger partial charge on any atom is -0.357 e. The van der Waals surface area contributed by atoms with Crippen molar-refractivity contribution in [2.45, 2.75) is 51.5 Å². The Morgan fingerprint density at radius 3 is 3.00 bits per heavy atom. The van der Waals surface area contributed by atoms with E-state index in [1.165, 1.54) is 6.07 Å². The molecule has 2 N–H and O–H groups in total. The van der Waals surface area contributed by atoms with Gasteiger partial charge in [-0.1, -0.05) is 6.42 Å². The molecule has 0 saturated carbocycles. The summed E-state index contributed by atoms with van der Waals surface area (Å²) in [7, 11) is 0. The molecule has 3 rings (SSSR count). The van der Waals surface area contributed by atoms with Gasteiger partial charge in [0.05, 0.1) is 0 Å². The number of amides is 1. The number of likely N-dealkylation sites (tertiary alicyclic amines) is 1. The van der Waals surface area contributed by atoms with E-state index in [4.69, 9.17) is 0 Å². The van der Waals surface area contributed by atoms with Crippen LogP contribution in [0.3, 0.4) is 0 Å². The molecule has 0 spiro atoms. The molecular formula is C21H34FIN6O. The third kappa shape index (κ3) is 7.24. The smallest absolute Gasteiger partial charge is 0.222 e. The number of rotatable bonds is 7. The Kier molecular flexibility index (Phi) is 10.6. The quantitative estimate of drug-likeness (QED) is 0.245. The number of nitrogens with one attached hydrogen (secondary N) is 2. The number of guanidine groups is 1. The Balaban J connectivity index is 0.00000320. The Hall–Kier alpha value is -1.65. The van der Waals surface area contributed by atoms with Crippen molar-refractivity contribution in [2.75, 3.05) is 44.2 Å². The fourth-order valence-corrected chi connectivity index (χ4v) is 3.92. The van der Waals surface area contributed by atoms with Crippen molar-refractivity contribution < 1.29 is 9.18 Å². The Morgan fingerprint density at radius 2 is 2.20 bits per heavy atom. The van der Waals surface area contributed by atoms with E-state index < -0.39 is 0 Å². The van der Waals surface area contributed by atoms with Crippen LogP contribution in [0.25, 0.3) is 0 Å². The first-order chi connectivity index (χ1) is 14.2. The normalized spacial score (nSPS) is 20.0. The van der Waals surface area contributed by atoms with Crippen LogP contribution in [0.4, 0.5) is 10.2 Å². The van der Waals surface area contributed by atoms with Crippen LogP contribution in [0.2, 0.25) is 0 Å². The van der Waals surface area contributed by atoms with Crippen LogP contribution in [0.5, 0.6) is 0 Å². The zero-order valence-corrected chi connectivity index (χ0v) is 20.1. The molecule has 2 aliphatic heterocycles. The second kappa shape index (κ2) is 12.9. The fourth-order valence-electron chi connectivity index (χ4n) is 3.92. The Labute approximate surface area is 195 Å². The second-order valence-electron chi connectivity index (χ2n) is 7.69. The summed E-state index contributed by atoms with van der Waals surface area (Å²) in [4.78, 5) is 24.9. The molecule has 3 heterocycles. The molecule has 2 aliphatic rings. The zero-order chi connectivity index (χ0) is 20.5. The highest BCUT2D eigenvalue weighted by Crippen LogP contribution is 2.20.